The normalized spacial score (nSPS) is 11.1. The van der Waals surface area contributed by atoms with Gasteiger partial charge in [0.25, 0.3) is 0 Å². The van der Waals surface area contributed by atoms with Crippen LogP contribution in [0, 0.1) is 0 Å². The summed E-state index contributed by atoms with van der Waals surface area (Å²) < 4.78 is 5.38. The van der Waals surface area contributed by atoms with E-state index in [9.17, 15) is 0 Å². The summed E-state index contributed by atoms with van der Waals surface area (Å²) in [5.74, 6) is 0.652. The molecule has 4 nitrogen and oxygen atoms in total. The first-order valence-corrected chi connectivity index (χ1v) is 6.27. The van der Waals surface area contributed by atoms with Crippen LogP contribution >= 0.6 is 11.5 Å². The van der Waals surface area contributed by atoms with Crippen molar-refractivity contribution in [2.45, 2.75) is 0 Å². The first-order valence-electron chi connectivity index (χ1n) is 5.50. The van der Waals surface area contributed by atoms with Crippen molar-refractivity contribution < 1.29 is 0 Å². The summed E-state index contributed by atoms with van der Waals surface area (Å²) in [5.41, 5.74) is 3.77. The van der Waals surface area contributed by atoms with Gasteiger partial charge in [-0.25, -0.2) is 0 Å². The molecule has 1 N–H and O–H groups in total. The van der Waals surface area contributed by atoms with Crippen molar-refractivity contribution in [1.82, 2.24) is 4.37 Å². The number of nitrogens with zero attached hydrogens (tertiary/aromatic N) is 3. The minimum Gasteiger partial charge on any atom is -0.260 e. The molecule has 0 atom stereocenters. The third kappa shape index (κ3) is 2.21. The zero-order valence-corrected chi connectivity index (χ0v) is 10.3. The van der Waals surface area contributed by atoms with Gasteiger partial charge in [-0.15, -0.1) is 5.11 Å². The molecule has 0 amide bonds. The van der Waals surface area contributed by atoms with Crippen molar-refractivity contribution in [1.29, 1.82) is 0 Å². The molecule has 0 bridgehead atoms. The molecule has 0 aliphatic heterocycles. The Morgan fingerprint density at radius 1 is 0.944 bits per heavy atom. The van der Waals surface area contributed by atoms with E-state index in [0.717, 1.165) is 15.8 Å². The van der Waals surface area contributed by atoms with Gasteiger partial charge in [-0.2, -0.15) is 4.37 Å². The van der Waals surface area contributed by atoms with Gasteiger partial charge in [0.15, 0.2) is 5.82 Å². The van der Waals surface area contributed by atoms with E-state index >= 15 is 0 Å². The number of hydrogen-bond acceptors (Lipinski definition) is 4. The van der Waals surface area contributed by atoms with Crippen LogP contribution in [0.15, 0.2) is 64.9 Å². The zero-order chi connectivity index (χ0) is 12.2. The molecule has 0 aliphatic rings. The lowest BCUT2D eigenvalue weighted by atomic mass is 10.3. The fourth-order valence-corrected chi connectivity index (χ4v) is 2.30. The second-order valence-corrected chi connectivity index (χ2v) is 4.49. The fraction of sp³-hybridized carbons (Fsp3) is 0. The van der Waals surface area contributed by atoms with Gasteiger partial charge in [-0.1, -0.05) is 35.6 Å². The Kier molecular flexibility index (Phi) is 2.97. The Labute approximate surface area is 108 Å². The number of hydrogen-bond donors (Lipinski definition) is 1. The molecule has 2 aromatic carbocycles. The van der Waals surface area contributed by atoms with Crippen molar-refractivity contribution in [2.24, 2.45) is 10.3 Å². The van der Waals surface area contributed by atoms with Crippen molar-refractivity contribution >= 4 is 33.1 Å². The summed E-state index contributed by atoms with van der Waals surface area (Å²) in [4.78, 5) is 0. The molecule has 0 radical (unpaired) electrons. The van der Waals surface area contributed by atoms with Crippen molar-refractivity contribution in [3.8, 4) is 0 Å². The molecule has 1 heterocycles. The predicted octanol–water partition coefficient (Wildman–Crippen LogP) is 4.41. The maximum absolute atomic E-state index is 4.27. The Hall–Kier alpha value is -2.27. The van der Waals surface area contributed by atoms with E-state index in [1.165, 1.54) is 11.5 Å². The maximum atomic E-state index is 4.27. The highest BCUT2D eigenvalue weighted by atomic mass is 32.1. The quantitative estimate of drug-likeness (QED) is 0.556. The topological polar surface area (TPSA) is 49.6 Å². The van der Waals surface area contributed by atoms with Crippen LogP contribution in [0.5, 0.6) is 0 Å². The van der Waals surface area contributed by atoms with E-state index in [4.69, 9.17) is 0 Å². The Bertz CT molecular complexity index is 676. The lowest BCUT2D eigenvalue weighted by molar-refractivity contribution is 1.12. The van der Waals surface area contributed by atoms with E-state index in [0.29, 0.717) is 5.82 Å². The molecule has 0 spiro atoms. The van der Waals surface area contributed by atoms with E-state index < -0.39 is 0 Å². The number of aromatic nitrogens is 1. The number of para-hydroxylation sites is 1. The molecular weight excluding hydrogens is 244 g/mol. The maximum Gasteiger partial charge on any atom is 0.197 e. The van der Waals surface area contributed by atoms with Gasteiger partial charge in [-0.3, -0.25) is 5.43 Å². The molecule has 3 rings (SSSR count). The van der Waals surface area contributed by atoms with E-state index in [1.807, 2.05) is 54.6 Å². The van der Waals surface area contributed by atoms with E-state index in [1.54, 1.807) is 0 Å². The Balaban J connectivity index is 1.80. The second-order valence-electron chi connectivity index (χ2n) is 3.68. The number of fused-ring (bicyclic) bond motifs is 1. The zero-order valence-electron chi connectivity index (χ0n) is 9.45. The molecule has 88 valence electrons. The lowest BCUT2D eigenvalue weighted by Crippen LogP contribution is -1.84. The molecule has 1 aromatic heterocycles. The highest BCUT2D eigenvalue weighted by Gasteiger charge is 2.03. The summed E-state index contributed by atoms with van der Waals surface area (Å²) in [6, 6.07) is 17.7. The fourth-order valence-electron chi connectivity index (χ4n) is 1.59. The molecule has 0 unspecified atom stereocenters. The molecule has 5 heteroatoms. The minimum absolute atomic E-state index is 0.652. The van der Waals surface area contributed by atoms with Crippen molar-refractivity contribution in [2.75, 3.05) is 5.43 Å². The first-order chi connectivity index (χ1) is 8.93. The molecule has 0 aliphatic carbocycles. The third-order valence-corrected chi connectivity index (χ3v) is 3.27. The summed E-state index contributed by atoms with van der Waals surface area (Å²) in [5, 5.41) is 9.09. The SMILES string of the molecule is c1ccc(NN=Nc2nsc3ccccc23)cc1. The van der Waals surface area contributed by atoms with Gasteiger partial charge in [0, 0.05) is 5.39 Å². The van der Waals surface area contributed by atoms with Crippen LogP contribution in [0.4, 0.5) is 11.5 Å². The monoisotopic (exact) mass is 254 g/mol. The van der Waals surface area contributed by atoms with Crippen LogP contribution in [0.3, 0.4) is 0 Å². The molecule has 0 fully saturated rings. The van der Waals surface area contributed by atoms with Gasteiger partial charge in [-0.05, 0) is 35.8 Å². The largest absolute Gasteiger partial charge is 0.260 e. The Morgan fingerprint density at radius 2 is 1.72 bits per heavy atom. The smallest absolute Gasteiger partial charge is 0.197 e. The molecular formula is C13H10N4S. The highest BCUT2D eigenvalue weighted by molar-refractivity contribution is 7.13. The first kappa shape index (κ1) is 10.9. The van der Waals surface area contributed by atoms with Crippen molar-refractivity contribution in [3.63, 3.8) is 0 Å². The van der Waals surface area contributed by atoms with E-state index in [2.05, 4.69) is 20.1 Å². The minimum atomic E-state index is 0.652. The third-order valence-electron chi connectivity index (χ3n) is 2.46. The van der Waals surface area contributed by atoms with Gasteiger partial charge >= 0.3 is 0 Å². The van der Waals surface area contributed by atoms with Gasteiger partial charge in [0.05, 0.1) is 10.4 Å². The molecule has 0 saturated heterocycles. The standard InChI is InChI=1S/C13H10N4S/c1-2-6-10(7-3-1)14-17-15-13-11-8-4-5-9-12(11)18-16-13/h1-9H,(H,14,15,16). The Morgan fingerprint density at radius 3 is 2.61 bits per heavy atom. The predicted molar refractivity (Wildman–Crippen MR) is 74.2 cm³/mol. The van der Waals surface area contributed by atoms with Gasteiger partial charge < -0.3 is 0 Å². The molecule has 0 saturated carbocycles. The van der Waals surface area contributed by atoms with Crippen LogP contribution < -0.4 is 5.43 Å². The van der Waals surface area contributed by atoms with Gasteiger partial charge in [0.2, 0.25) is 0 Å². The van der Waals surface area contributed by atoms with Crippen LogP contribution in [-0.2, 0) is 0 Å². The van der Waals surface area contributed by atoms with Gasteiger partial charge in [0.1, 0.15) is 0 Å². The van der Waals surface area contributed by atoms with Crippen LogP contribution in [0.2, 0.25) is 0 Å². The number of nitrogens with one attached hydrogen (secondary N) is 1. The summed E-state index contributed by atoms with van der Waals surface area (Å²) in [6.07, 6.45) is 0. The lowest BCUT2D eigenvalue weighted by Gasteiger charge is -1.95. The number of rotatable bonds is 3. The second kappa shape index (κ2) is 4.93. The average Bonchev–Trinajstić information content (AvgIpc) is 2.84. The van der Waals surface area contributed by atoms with Crippen LogP contribution in [0.1, 0.15) is 0 Å². The van der Waals surface area contributed by atoms with Crippen molar-refractivity contribution in [3.05, 3.63) is 54.6 Å². The summed E-state index contributed by atoms with van der Waals surface area (Å²) in [6.45, 7) is 0. The molecule has 18 heavy (non-hydrogen) atoms. The van der Waals surface area contributed by atoms with Crippen LogP contribution in [0.25, 0.3) is 10.1 Å². The van der Waals surface area contributed by atoms with E-state index in [-0.39, 0.29) is 0 Å². The number of benzene rings is 2. The summed E-state index contributed by atoms with van der Waals surface area (Å²) >= 11 is 1.43. The average molecular weight is 254 g/mol. The number of anilines is 1. The van der Waals surface area contributed by atoms with Crippen LogP contribution in [-0.4, -0.2) is 4.37 Å². The summed E-state index contributed by atoms with van der Waals surface area (Å²) in [7, 11) is 0. The molecule has 3 aromatic rings. The highest BCUT2D eigenvalue weighted by Crippen LogP contribution is 2.28.